The van der Waals surface area contributed by atoms with Crippen LogP contribution in [-0.4, -0.2) is 50.1 Å². The van der Waals surface area contributed by atoms with E-state index in [9.17, 15) is 9.59 Å². The summed E-state index contributed by atoms with van der Waals surface area (Å²) in [6.45, 7) is 2.16. The number of anilines is 1. The highest BCUT2D eigenvalue weighted by Crippen LogP contribution is 2.25. The first-order chi connectivity index (χ1) is 15.7. The molecule has 6 heteroatoms. The maximum Gasteiger partial charge on any atom is 0.254 e. The molecule has 1 aliphatic rings. The van der Waals surface area contributed by atoms with Crippen LogP contribution in [0.1, 0.15) is 23.2 Å². The molecule has 1 N–H and O–H groups in total. The van der Waals surface area contributed by atoms with Gasteiger partial charge < -0.3 is 19.7 Å². The molecule has 0 atom stereocenters. The van der Waals surface area contributed by atoms with Gasteiger partial charge in [-0.05, 0) is 53.9 Å². The van der Waals surface area contributed by atoms with E-state index in [2.05, 4.69) is 5.32 Å². The summed E-state index contributed by atoms with van der Waals surface area (Å²) in [6, 6.07) is 21.1. The number of carbonyl (C=O) groups is 2. The minimum absolute atomic E-state index is 0.00434. The Hall–Kier alpha value is -3.38. The van der Waals surface area contributed by atoms with Gasteiger partial charge in [0.2, 0.25) is 5.91 Å². The van der Waals surface area contributed by atoms with Crippen LogP contribution in [0.4, 0.5) is 5.69 Å². The smallest absolute Gasteiger partial charge is 0.254 e. The van der Waals surface area contributed by atoms with Crippen LogP contribution in [0.3, 0.4) is 0 Å². The second kappa shape index (κ2) is 10.3. The van der Waals surface area contributed by atoms with Gasteiger partial charge in [-0.3, -0.25) is 9.59 Å². The van der Waals surface area contributed by atoms with Crippen molar-refractivity contribution in [2.75, 3.05) is 38.7 Å². The molecule has 1 saturated heterocycles. The van der Waals surface area contributed by atoms with Crippen molar-refractivity contribution < 1.29 is 19.1 Å². The minimum Gasteiger partial charge on any atom is -0.491 e. The molecule has 1 heterocycles. The molecule has 0 bridgehead atoms. The summed E-state index contributed by atoms with van der Waals surface area (Å²) in [6.07, 6.45) is 1.31. The van der Waals surface area contributed by atoms with Gasteiger partial charge in [0.05, 0.1) is 6.61 Å². The minimum atomic E-state index is -0.107. The molecular formula is C26H28N2O4. The SMILES string of the molecule is COCCOc1ccc(NC(=O)C2CCN(C(=O)c3cccc4ccccc34)CC2)cc1. The van der Waals surface area contributed by atoms with Crippen LogP contribution < -0.4 is 10.1 Å². The highest BCUT2D eigenvalue weighted by molar-refractivity contribution is 6.07. The Balaban J connectivity index is 1.31. The fourth-order valence-corrected chi connectivity index (χ4v) is 4.05. The predicted octanol–water partition coefficient (Wildman–Crippen LogP) is 4.36. The van der Waals surface area contributed by atoms with Crippen LogP contribution in [0, 0.1) is 5.92 Å². The predicted molar refractivity (Wildman–Crippen MR) is 125 cm³/mol. The Kier molecular flexibility index (Phi) is 7.02. The fourth-order valence-electron chi connectivity index (χ4n) is 4.05. The zero-order valence-corrected chi connectivity index (χ0v) is 18.3. The molecule has 1 fully saturated rings. The molecule has 0 radical (unpaired) electrons. The van der Waals surface area contributed by atoms with Crippen molar-refractivity contribution in [3.8, 4) is 5.75 Å². The number of likely N-dealkylation sites (tertiary alicyclic amines) is 1. The first-order valence-corrected chi connectivity index (χ1v) is 11.0. The molecule has 0 aliphatic carbocycles. The Morgan fingerprint density at radius 3 is 2.41 bits per heavy atom. The summed E-state index contributed by atoms with van der Waals surface area (Å²) in [5.41, 5.74) is 1.46. The van der Waals surface area contributed by atoms with E-state index in [4.69, 9.17) is 9.47 Å². The quantitative estimate of drug-likeness (QED) is 0.564. The van der Waals surface area contributed by atoms with Crippen LogP contribution in [0.15, 0.2) is 66.7 Å². The van der Waals surface area contributed by atoms with Crippen LogP contribution in [0.25, 0.3) is 10.8 Å². The molecule has 3 aromatic carbocycles. The molecule has 0 spiro atoms. The highest BCUT2D eigenvalue weighted by Gasteiger charge is 2.28. The normalized spacial score (nSPS) is 14.3. The number of benzene rings is 3. The van der Waals surface area contributed by atoms with Gasteiger partial charge in [0, 0.05) is 37.4 Å². The van der Waals surface area contributed by atoms with Gasteiger partial charge >= 0.3 is 0 Å². The number of nitrogens with zero attached hydrogens (tertiary/aromatic N) is 1. The first-order valence-electron chi connectivity index (χ1n) is 11.0. The number of fused-ring (bicyclic) bond motifs is 1. The number of rotatable bonds is 7. The summed E-state index contributed by atoms with van der Waals surface area (Å²) in [7, 11) is 1.63. The maximum atomic E-state index is 13.1. The number of hydrogen-bond donors (Lipinski definition) is 1. The molecule has 6 nitrogen and oxygen atoms in total. The van der Waals surface area contributed by atoms with E-state index in [0.29, 0.717) is 39.1 Å². The lowest BCUT2D eigenvalue weighted by molar-refractivity contribution is -0.121. The van der Waals surface area contributed by atoms with Gasteiger partial charge in [-0.15, -0.1) is 0 Å². The molecule has 0 unspecified atom stereocenters. The number of carbonyl (C=O) groups excluding carboxylic acids is 2. The van der Waals surface area contributed by atoms with E-state index in [1.54, 1.807) is 7.11 Å². The molecule has 2 amide bonds. The van der Waals surface area contributed by atoms with Gasteiger partial charge in [0.25, 0.3) is 5.91 Å². The summed E-state index contributed by atoms with van der Waals surface area (Å²) >= 11 is 0. The van der Waals surface area contributed by atoms with Gasteiger partial charge in [-0.25, -0.2) is 0 Å². The molecule has 166 valence electrons. The Morgan fingerprint density at radius 2 is 1.66 bits per heavy atom. The Labute approximate surface area is 188 Å². The fraction of sp³-hybridized carbons (Fsp3) is 0.308. The van der Waals surface area contributed by atoms with Crippen molar-refractivity contribution in [2.45, 2.75) is 12.8 Å². The molecule has 0 aromatic heterocycles. The second-order valence-corrected chi connectivity index (χ2v) is 7.95. The molecular weight excluding hydrogens is 404 g/mol. The van der Waals surface area contributed by atoms with E-state index >= 15 is 0 Å². The van der Waals surface area contributed by atoms with Gasteiger partial charge in [0.15, 0.2) is 0 Å². The summed E-state index contributed by atoms with van der Waals surface area (Å²) in [5, 5.41) is 5.01. The van der Waals surface area contributed by atoms with Crippen molar-refractivity contribution in [1.29, 1.82) is 0 Å². The third kappa shape index (κ3) is 5.08. The van der Waals surface area contributed by atoms with Crippen LogP contribution in [0.2, 0.25) is 0 Å². The van der Waals surface area contributed by atoms with Crippen molar-refractivity contribution in [1.82, 2.24) is 4.90 Å². The first kappa shape index (κ1) is 21.8. The average molecular weight is 433 g/mol. The summed E-state index contributed by atoms with van der Waals surface area (Å²) in [5.74, 6) is 0.657. The average Bonchev–Trinajstić information content (AvgIpc) is 2.84. The van der Waals surface area contributed by atoms with E-state index in [0.717, 1.165) is 27.8 Å². The third-order valence-electron chi connectivity index (χ3n) is 5.85. The largest absolute Gasteiger partial charge is 0.491 e. The lowest BCUT2D eigenvalue weighted by Gasteiger charge is -2.31. The number of methoxy groups -OCH3 is 1. The van der Waals surface area contributed by atoms with Crippen LogP contribution >= 0.6 is 0 Å². The molecule has 32 heavy (non-hydrogen) atoms. The third-order valence-corrected chi connectivity index (χ3v) is 5.85. The van der Waals surface area contributed by atoms with Crippen molar-refractivity contribution in [3.63, 3.8) is 0 Å². The lowest BCUT2D eigenvalue weighted by atomic mass is 9.94. The zero-order valence-electron chi connectivity index (χ0n) is 18.3. The molecule has 1 aliphatic heterocycles. The zero-order chi connectivity index (χ0) is 22.3. The van der Waals surface area contributed by atoms with E-state index < -0.39 is 0 Å². The standard InChI is InChI=1S/C26H28N2O4/c1-31-17-18-32-22-11-9-21(10-12-22)27-25(29)20-13-15-28(16-14-20)26(30)24-8-4-6-19-5-2-3-7-23(19)24/h2-12,20H,13-18H2,1H3,(H,27,29). The Bertz CT molecular complexity index is 1070. The van der Waals surface area contributed by atoms with E-state index in [1.807, 2.05) is 71.6 Å². The topological polar surface area (TPSA) is 67.9 Å². The van der Waals surface area contributed by atoms with Gasteiger partial charge in [-0.1, -0.05) is 36.4 Å². The maximum absolute atomic E-state index is 13.1. The lowest BCUT2D eigenvalue weighted by Crippen LogP contribution is -2.41. The highest BCUT2D eigenvalue weighted by atomic mass is 16.5. The van der Waals surface area contributed by atoms with Crippen LogP contribution in [-0.2, 0) is 9.53 Å². The van der Waals surface area contributed by atoms with Crippen molar-refractivity contribution in [3.05, 3.63) is 72.3 Å². The van der Waals surface area contributed by atoms with Crippen LogP contribution in [0.5, 0.6) is 5.75 Å². The number of hydrogen-bond acceptors (Lipinski definition) is 4. The Morgan fingerprint density at radius 1 is 0.938 bits per heavy atom. The van der Waals surface area contributed by atoms with Gasteiger partial charge in [0.1, 0.15) is 12.4 Å². The van der Waals surface area contributed by atoms with Gasteiger partial charge in [-0.2, -0.15) is 0 Å². The number of piperidine rings is 1. The molecule has 4 rings (SSSR count). The molecule has 3 aromatic rings. The monoisotopic (exact) mass is 432 g/mol. The summed E-state index contributed by atoms with van der Waals surface area (Å²) in [4.78, 5) is 27.7. The summed E-state index contributed by atoms with van der Waals surface area (Å²) < 4.78 is 10.5. The molecule has 0 saturated carbocycles. The van der Waals surface area contributed by atoms with Crippen molar-refractivity contribution in [2.24, 2.45) is 5.92 Å². The second-order valence-electron chi connectivity index (χ2n) is 7.95. The van der Waals surface area contributed by atoms with Crippen molar-refractivity contribution >= 4 is 28.3 Å². The number of amides is 2. The number of nitrogens with one attached hydrogen (secondary N) is 1. The van der Waals surface area contributed by atoms with E-state index in [-0.39, 0.29) is 17.7 Å². The van der Waals surface area contributed by atoms with E-state index in [1.165, 1.54) is 0 Å². The number of ether oxygens (including phenoxy) is 2.